The third kappa shape index (κ3) is 3.22. The molecule has 1 unspecified atom stereocenters. The van der Waals surface area contributed by atoms with Crippen LogP contribution in [-0.4, -0.2) is 60.5 Å². The van der Waals surface area contributed by atoms with Gasteiger partial charge in [-0.25, -0.2) is 0 Å². The van der Waals surface area contributed by atoms with E-state index in [2.05, 4.69) is 32.1 Å². The molecule has 3 aliphatic rings. The van der Waals surface area contributed by atoms with Crippen molar-refractivity contribution in [3.05, 3.63) is 17.8 Å². The second kappa shape index (κ2) is 6.36. The summed E-state index contributed by atoms with van der Waals surface area (Å²) < 4.78 is 5.56. The molecule has 1 spiro atoms. The number of piperidine rings is 2. The first-order valence-corrected chi connectivity index (χ1v) is 9.11. The first-order chi connectivity index (χ1) is 11.2. The van der Waals surface area contributed by atoms with E-state index in [9.17, 15) is 0 Å². The predicted octanol–water partition coefficient (Wildman–Crippen LogP) is 2.26. The highest BCUT2D eigenvalue weighted by atomic mass is 16.5. The molecule has 5 heteroatoms. The number of hydrogen-bond acceptors (Lipinski definition) is 5. The van der Waals surface area contributed by atoms with Crippen molar-refractivity contribution >= 4 is 5.82 Å². The molecule has 23 heavy (non-hydrogen) atoms. The Morgan fingerprint density at radius 3 is 2.39 bits per heavy atom. The van der Waals surface area contributed by atoms with Gasteiger partial charge in [0.25, 0.3) is 0 Å². The Bertz CT molecular complexity index is 508. The van der Waals surface area contributed by atoms with Gasteiger partial charge in [-0.3, -0.25) is 4.90 Å². The minimum absolute atomic E-state index is 0.574. The summed E-state index contributed by atoms with van der Waals surface area (Å²) >= 11 is 0. The van der Waals surface area contributed by atoms with E-state index in [4.69, 9.17) is 4.74 Å². The minimum Gasteiger partial charge on any atom is -0.380 e. The van der Waals surface area contributed by atoms with Crippen LogP contribution in [0.5, 0.6) is 0 Å². The Morgan fingerprint density at radius 1 is 1.04 bits per heavy atom. The highest BCUT2D eigenvalue weighted by Gasteiger charge is 2.39. The molecule has 4 rings (SSSR count). The van der Waals surface area contributed by atoms with Crippen LogP contribution in [0.2, 0.25) is 0 Å². The summed E-state index contributed by atoms with van der Waals surface area (Å²) in [5.74, 6) is 1.05. The molecule has 0 amide bonds. The summed E-state index contributed by atoms with van der Waals surface area (Å²) in [6, 6.07) is 4.87. The minimum atomic E-state index is 0.574. The zero-order chi connectivity index (χ0) is 15.7. The quantitative estimate of drug-likeness (QED) is 0.837. The van der Waals surface area contributed by atoms with Crippen LogP contribution in [0.25, 0.3) is 0 Å². The Labute approximate surface area is 139 Å². The van der Waals surface area contributed by atoms with Gasteiger partial charge in [0.05, 0.1) is 12.3 Å². The Morgan fingerprint density at radius 2 is 1.78 bits per heavy atom. The van der Waals surface area contributed by atoms with Crippen molar-refractivity contribution < 1.29 is 4.74 Å². The summed E-state index contributed by atoms with van der Waals surface area (Å²) in [6.45, 7) is 8.68. The van der Waals surface area contributed by atoms with Crippen LogP contribution in [0.3, 0.4) is 0 Å². The predicted molar refractivity (Wildman–Crippen MR) is 90.7 cm³/mol. The molecule has 0 bridgehead atoms. The zero-order valence-electron chi connectivity index (χ0n) is 14.2. The van der Waals surface area contributed by atoms with E-state index in [1.165, 1.54) is 45.2 Å². The molecule has 0 aliphatic carbocycles. The van der Waals surface area contributed by atoms with E-state index in [0.717, 1.165) is 37.8 Å². The van der Waals surface area contributed by atoms with Crippen molar-refractivity contribution in [1.29, 1.82) is 0 Å². The Hall–Kier alpha value is -1.20. The van der Waals surface area contributed by atoms with Gasteiger partial charge in [-0.05, 0) is 69.7 Å². The van der Waals surface area contributed by atoms with E-state index in [0.29, 0.717) is 11.5 Å². The molecule has 3 saturated heterocycles. The number of rotatable bonds is 2. The number of aryl methyl sites for hydroxylation is 1. The molecule has 1 aromatic rings. The fourth-order valence-corrected chi connectivity index (χ4v) is 4.44. The van der Waals surface area contributed by atoms with Crippen molar-refractivity contribution in [3.8, 4) is 0 Å². The lowest BCUT2D eigenvalue weighted by molar-refractivity contribution is 0.0493. The second-order valence-corrected chi connectivity index (χ2v) is 7.57. The maximum atomic E-state index is 5.56. The molecule has 3 aliphatic heterocycles. The average molecular weight is 316 g/mol. The molecule has 3 fully saturated rings. The van der Waals surface area contributed by atoms with Crippen LogP contribution in [0.15, 0.2) is 12.1 Å². The highest BCUT2D eigenvalue weighted by Crippen LogP contribution is 2.42. The van der Waals surface area contributed by atoms with Gasteiger partial charge in [-0.15, -0.1) is 5.10 Å². The fourth-order valence-electron chi connectivity index (χ4n) is 4.44. The van der Waals surface area contributed by atoms with E-state index < -0.39 is 0 Å². The lowest BCUT2D eigenvalue weighted by Gasteiger charge is -2.48. The first-order valence-electron chi connectivity index (χ1n) is 9.11. The third-order valence-corrected chi connectivity index (χ3v) is 6.21. The van der Waals surface area contributed by atoms with Crippen molar-refractivity contribution in [1.82, 2.24) is 15.1 Å². The number of likely N-dealkylation sites (tertiary alicyclic amines) is 1. The van der Waals surface area contributed by atoms with Crippen molar-refractivity contribution in [2.24, 2.45) is 5.41 Å². The number of aromatic nitrogens is 2. The van der Waals surface area contributed by atoms with Gasteiger partial charge in [0.15, 0.2) is 5.82 Å². The SMILES string of the molecule is Cc1ccc(N2CCC3(CC2)CCN(C2CCOC2)CC3)nn1. The van der Waals surface area contributed by atoms with E-state index in [-0.39, 0.29) is 0 Å². The molecule has 0 saturated carbocycles. The Kier molecular flexibility index (Phi) is 4.24. The maximum absolute atomic E-state index is 5.56. The first kappa shape index (κ1) is 15.3. The molecule has 126 valence electrons. The number of anilines is 1. The monoisotopic (exact) mass is 316 g/mol. The molecular formula is C18H28N4O. The largest absolute Gasteiger partial charge is 0.380 e. The summed E-state index contributed by atoms with van der Waals surface area (Å²) in [4.78, 5) is 5.09. The summed E-state index contributed by atoms with van der Waals surface area (Å²) in [5, 5.41) is 8.56. The van der Waals surface area contributed by atoms with Gasteiger partial charge in [0, 0.05) is 25.7 Å². The molecule has 4 heterocycles. The van der Waals surface area contributed by atoms with Crippen molar-refractivity contribution in [2.45, 2.75) is 45.1 Å². The highest BCUT2D eigenvalue weighted by molar-refractivity contribution is 5.37. The van der Waals surface area contributed by atoms with Gasteiger partial charge >= 0.3 is 0 Å². The topological polar surface area (TPSA) is 41.5 Å². The molecular weight excluding hydrogens is 288 g/mol. The number of nitrogens with zero attached hydrogens (tertiary/aromatic N) is 4. The molecule has 1 atom stereocenters. The molecule has 0 radical (unpaired) electrons. The molecule has 5 nitrogen and oxygen atoms in total. The van der Waals surface area contributed by atoms with Crippen LogP contribution in [0, 0.1) is 12.3 Å². The lowest BCUT2D eigenvalue weighted by Crippen LogP contribution is -2.49. The van der Waals surface area contributed by atoms with Crippen LogP contribution >= 0.6 is 0 Å². The van der Waals surface area contributed by atoms with E-state index >= 15 is 0 Å². The van der Waals surface area contributed by atoms with Crippen LogP contribution in [-0.2, 0) is 4.74 Å². The molecule has 0 aromatic carbocycles. The summed E-state index contributed by atoms with van der Waals surface area (Å²) in [7, 11) is 0. The van der Waals surface area contributed by atoms with E-state index in [1.807, 2.05) is 6.92 Å². The normalized spacial score (nSPS) is 28.4. The van der Waals surface area contributed by atoms with Gasteiger partial charge in [-0.2, -0.15) is 5.10 Å². The number of ether oxygens (including phenoxy) is 1. The zero-order valence-corrected chi connectivity index (χ0v) is 14.2. The van der Waals surface area contributed by atoms with Crippen LogP contribution in [0.4, 0.5) is 5.82 Å². The van der Waals surface area contributed by atoms with Gasteiger partial charge < -0.3 is 9.64 Å². The van der Waals surface area contributed by atoms with Gasteiger partial charge in [-0.1, -0.05) is 0 Å². The maximum Gasteiger partial charge on any atom is 0.151 e. The van der Waals surface area contributed by atoms with Crippen molar-refractivity contribution in [3.63, 3.8) is 0 Å². The van der Waals surface area contributed by atoms with Crippen LogP contribution in [0.1, 0.15) is 37.8 Å². The molecule has 1 aromatic heterocycles. The average Bonchev–Trinajstić information content (AvgIpc) is 3.12. The summed E-state index contributed by atoms with van der Waals surface area (Å²) in [6.07, 6.45) is 6.55. The fraction of sp³-hybridized carbons (Fsp3) is 0.778. The Balaban J connectivity index is 1.32. The van der Waals surface area contributed by atoms with Gasteiger partial charge in [0.2, 0.25) is 0 Å². The molecule has 0 N–H and O–H groups in total. The van der Waals surface area contributed by atoms with Gasteiger partial charge in [0.1, 0.15) is 0 Å². The van der Waals surface area contributed by atoms with E-state index in [1.54, 1.807) is 0 Å². The smallest absolute Gasteiger partial charge is 0.151 e. The van der Waals surface area contributed by atoms with Crippen LogP contribution < -0.4 is 4.90 Å². The lowest BCUT2D eigenvalue weighted by atomic mass is 9.71. The standard InChI is InChI=1S/C18H28N4O/c1-15-2-3-17(20-19-15)22-11-7-18(8-12-22)5-9-21(10-6-18)16-4-13-23-14-16/h2-3,16H,4-14H2,1H3. The van der Waals surface area contributed by atoms with Crippen molar-refractivity contribution in [2.75, 3.05) is 44.3 Å². The third-order valence-electron chi connectivity index (χ3n) is 6.21. The summed E-state index contributed by atoms with van der Waals surface area (Å²) in [5.41, 5.74) is 1.57. The number of hydrogen-bond donors (Lipinski definition) is 0. The second-order valence-electron chi connectivity index (χ2n) is 7.57.